The summed E-state index contributed by atoms with van der Waals surface area (Å²) in [6.45, 7) is 9.19. The van der Waals surface area contributed by atoms with E-state index in [0.717, 1.165) is 11.8 Å². The minimum absolute atomic E-state index is 0.516. The lowest BCUT2D eigenvalue weighted by molar-refractivity contribution is -0.0168. The minimum Gasteiger partial charge on any atom is -0.375 e. The second-order valence-electron chi connectivity index (χ2n) is 5.00. The van der Waals surface area contributed by atoms with Crippen molar-refractivity contribution in [1.29, 1.82) is 0 Å². The van der Waals surface area contributed by atoms with Gasteiger partial charge in [0.25, 0.3) is 0 Å². The molecule has 0 radical (unpaired) electrons. The minimum atomic E-state index is 0.516. The van der Waals surface area contributed by atoms with Crippen molar-refractivity contribution in [3.05, 3.63) is 0 Å². The Morgan fingerprint density at radius 2 is 1.71 bits per heavy atom. The fourth-order valence-corrected chi connectivity index (χ4v) is 2.46. The van der Waals surface area contributed by atoms with Crippen LogP contribution in [0.1, 0.15) is 59.8 Å². The fraction of sp³-hybridized carbons (Fsp3) is 1.00. The van der Waals surface area contributed by atoms with Gasteiger partial charge in [-0.05, 0) is 37.5 Å². The summed E-state index contributed by atoms with van der Waals surface area (Å²) in [6, 6.07) is 0. The standard InChI is InChI=1S/C13H26O/c1-5-7-12(6-2)14-13-8-10(3)11(4)9-13/h10-13H,5-9H2,1-4H3. The molecule has 0 aromatic rings. The zero-order chi connectivity index (χ0) is 10.6. The zero-order valence-corrected chi connectivity index (χ0v) is 10.3. The van der Waals surface area contributed by atoms with E-state index in [4.69, 9.17) is 4.74 Å². The van der Waals surface area contributed by atoms with Crippen LogP contribution in [0.3, 0.4) is 0 Å². The van der Waals surface area contributed by atoms with E-state index in [9.17, 15) is 0 Å². The van der Waals surface area contributed by atoms with Crippen LogP contribution in [-0.2, 0) is 4.74 Å². The molecule has 1 aliphatic rings. The fourth-order valence-electron chi connectivity index (χ4n) is 2.46. The van der Waals surface area contributed by atoms with Crippen LogP contribution in [0.25, 0.3) is 0 Å². The average molecular weight is 198 g/mol. The first kappa shape index (κ1) is 12.0. The van der Waals surface area contributed by atoms with Gasteiger partial charge < -0.3 is 4.74 Å². The van der Waals surface area contributed by atoms with Gasteiger partial charge in [0.05, 0.1) is 12.2 Å². The molecular formula is C13H26O. The number of hydrogen-bond donors (Lipinski definition) is 0. The first-order valence-electron chi connectivity index (χ1n) is 6.32. The van der Waals surface area contributed by atoms with Crippen molar-refractivity contribution < 1.29 is 4.74 Å². The molecular weight excluding hydrogens is 172 g/mol. The topological polar surface area (TPSA) is 9.23 Å². The molecule has 0 N–H and O–H groups in total. The van der Waals surface area contributed by atoms with Gasteiger partial charge in [0.1, 0.15) is 0 Å². The van der Waals surface area contributed by atoms with Crippen LogP contribution in [0.15, 0.2) is 0 Å². The molecule has 0 bridgehead atoms. The summed E-state index contributed by atoms with van der Waals surface area (Å²) in [5.74, 6) is 1.72. The van der Waals surface area contributed by atoms with E-state index in [-0.39, 0.29) is 0 Å². The highest BCUT2D eigenvalue weighted by Crippen LogP contribution is 2.34. The second kappa shape index (κ2) is 5.75. The van der Waals surface area contributed by atoms with Gasteiger partial charge in [-0.2, -0.15) is 0 Å². The van der Waals surface area contributed by atoms with E-state index < -0.39 is 0 Å². The number of rotatable bonds is 5. The molecule has 0 aromatic heterocycles. The Morgan fingerprint density at radius 3 is 2.14 bits per heavy atom. The average Bonchev–Trinajstić information content (AvgIpc) is 2.45. The SMILES string of the molecule is CCCC(CC)OC1CC(C)C(C)C1. The third-order valence-corrected chi connectivity index (χ3v) is 3.69. The Kier molecular flexibility index (Phi) is 4.94. The van der Waals surface area contributed by atoms with Gasteiger partial charge in [0.15, 0.2) is 0 Å². The molecule has 1 rings (SSSR count). The summed E-state index contributed by atoms with van der Waals surface area (Å²) in [5.41, 5.74) is 0. The first-order chi connectivity index (χ1) is 6.67. The first-order valence-corrected chi connectivity index (χ1v) is 6.32. The molecule has 1 saturated carbocycles. The molecule has 0 spiro atoms. The molecule has 1 fully saturated rings. The van der Waals surface area contributed by atoms with Crippen molar-refractivity contribution in [3.63, 3.8) is 0 Å². The van der Waals surface area contributed by atoms with Crippen LogP contribution >= 0.6 is 0 Å². The van der Waals surface area contributed by atoms with Gasteiger partial charge in [0.2, 0.25) is 0 Å². The van der Waals surface area contributed by atoms with E-state index in [1.807, 2.05) is 0 Å². The van der Waals surface area contributed by atoms with Crippen molar-refractivity contribution in [2.75, 3.05) is 0 Å². The summed E-state index contributed by atoms with van der Waals surface area (Å²) >= 11 is 0. The molecule has 0 aromatic carbocycles. The monoisotopic (exact) mass is 198 g/mol. The van der Waals surface area contributed by atoms with Crippen molar-refractivity contribution in [2.45, 2.75) is 72.0 Å². The normalized spacial score (nSPS) is 34.7. The van der Waals surface area contributed by atoms with E-state index in [1.54, 1.807) is 0 Å². The van der Waals surface area contributed by atoms with E-state index in [2.05, 4.69) is 27.7 Å². The Bertz CT molecular complexity index is 145. The molecule has 0 saturated heterocycles. The van der Waals surface area contributed by atoms with Crippen molar-refractivity contribution >= 4 is 0 Å². The Balaban J connectivity index is 2.29. The summed E-state index contributed by atoms with van der Waals surface area (Å²) < 4.78 is 6.14. The molecule has 0 aliphatic heterocycles. The van der Waals surface area contributed by atoms with Crippen molar-refractivity contribution in [1.82, 2.24) is 0 Å². The lowest BCUT2D eigenvalue weighted by Crippen LogP contribution is -2.19. The number of hydrogen-bond acceptors (Lipinski definition) is 1. The van der Waals surface area contributed by atoms with Crippen LogP contribution in [0.4, 0.5) is 0 Å². The summed E-state index contributed by atoms with van der Waals surface area (Å²) in [4.78, 5) is 0. The lowest BCUT2D eigenvalue weighted by Gasteiger charge is -2.20. The summed E-state index contributed by atoms with van der Waals surface area (Å²) in [7, 11) is 0. The predicted molar refractivity (Wildman–Crippen MR) is 61.4 cm³/mol. The maximum Gasteiger partial charge on any atom is 0.0584 e. The van der Waals surface area contributed by atoms with Crippen LogP contribution < -0.4 is 0 Å². The van der Waals surface area contributed by atoms with Gasteiger partial charge in [-0.25, -0.2) is 0 Å². The molecule has 0 heterocycles. The summed E-state index contributed by atoms with van der Waals surface area (Å²) in [6.07, 6.45) is 7.28. The van der Waals surface area contributed by atoms with Gasteiger partial charge in [-0.15, -0.1) is 0 Å². The lowest BCUT2D eigenvalue weighted by atomic mass is 10.0. The van der Waals surface area contributed by atoms with Gasteiger partial charge in [-0.3, -0.25) is 0 Å². The quantitative estimate of drug-likeness (QED) is 0.648. The maximum atomic E-state index is 6.14. The zero-order valence-electron chi connectivity index (χ0n) is 10.3. The van der Waals surface area contributed by atoms with Crippen molar-refractivity contribution in [3.8, 4) is 0 Å². The van der Waals surface area contributed by atoms with E-state index >= 15 is 0 Å². The molecule has 0 amide bonds. The van der Waals surface area contributed by atoms with Gasteiger partial charge in [-0.1, -0.05) is 34.1 Å². The largest absolute Gasteiger partial charge is 0.375 e. The smallest absolute Gasteiger partial charge is 0.0584 e. The summed E-state index contributed by atoms with van der Waals surface area (Å²) in [5, 5.41) is 0. The van der Waals surface area contributed by atoms with Crippen LogP contribution in [0.5, 0.6) is 0 Å². The van der Waals surface area contributed by atoms with Gasteiger partial charge in [0, 0.05) is 0 Å². The highest BCUT2D eigenvalue weighted by atomic mass is 16.5. The number of ether oxygens (including phenoxy) is 1. The van der Waals surface area contributed by atoms with Crippen molar-refractivity contribution in [2.24, 2.45) is 11.8 Å². The third-order valence-electron chi connectivity index (χ3n) is 3.69. The van der Waals surface area contributed by atoms with Crippen LogP contribution in [-0.4, -0.2) is 12.2 Å². The maximum absolute atomic E-state index is 6.14. The van der Waals surface area contributed by atoms with Crippen LogP contribution in [0.2, 0.25) is 0 Å². The van der Waals surface area contributed by atoms with E-state index in [1.165, 1.54) is 32.1 Å². The predicted octanol–water partition coefficient (Wildman–Crippen LogP) is 4.02. The van der Waals surface area contributed by atoms with E-state index in [0.29, 0.717) is 12.2 Å². The molecule has 3 unspecified atom stereocenters. The highest BCUT2D eigenvalue weighted by Gasteiger charge is 2.29. The molecule has 1 heteroatoms. The second-order valence-corrected chi connectivity index (χ2v) is 5.00. The molecule has 3 atom stereocenters. The van der Waals surface area contributed by atoms with Crippen LogP contribution in [0, 0.1) is 11.8 Å². The Morgan fingerprint density at radius 1 is 1.14 bits per heavy atom. The Labute approximate surface area is 89.2 Å². The molecule has 84 valence electrons. The molecule has 1 nitrogen and oxygen atoms in total. The third kappa shape index (κ3) is 3.27. The molecule has 1 aliphatic carbocycles. The van der Waals surface area contributed by atoms with Gasteiger partial charge >= 0.3 is 0 Å². The highest BCUT2D eigenvalue weighted by molar-refractivity contribution is 4.79. The Hall–Kier alpha value is -0.0400. The molecule has 14 heavy (non-hydrogen) atoms.